The average Bonchev–Trinajstić information content (AvgIpc) is 3.18. The predicted molar refractivity (Wildman–Crippen MR) is 214 cm³/mol. The molecule has 0 unspecified atom stereocenters. The first-order valence-electron chi connectivity index (χ1n) is 18.5. The zero-order valence-electron chi connectivity index (χ0n) is 32.0. The fraction of sp³-hybridized carbons (Fsp3) is 0.375. The maximum Gasteiger partial charge on any atom is 0.317 e. The Balaban J connectivity index is 1.28. The van der Waals surface area contributed by atoms with Crippen molar-refractivity contribution in [3.8, 4) is 11.8 Å². The number of aliphatic carboxylic acids is 3. The number of ether oxygens (including phenoxy) is 2. The number of amides is 2. The summed E-state index contributed by atoms with van der Waals surface area (Å²) in [6, 6.07) is 18.4. The molecule has 18 heteroatoms. The SMILES string of the molecule is NCCOCCOCCNC(=O)CN(CCN(CCN(CC(=O)O)CC(=O)Nc1ccc(C#Cc2ccc3ccc4cccnc4c3n2)cc1)CC(=O)O)CC(=O)O. The highest BCUT2D eigenvalue weighted by molar-refractivity contribution is 6.02. The minimum atomic E-state index is -1.19. The van der Waals surface area contributed by atoms with Crippen molar-refractivity contribution in [1.82, 2.24) is 30.0 Å². The number of carbonyl (C=O) groups is 5. The van der Waals surface area contributed by atoms with Crippen molar-refractivity contribution in [1.29, 1.82) is 0 Å². The third-order valence-electron chi connectivity index (χ3n) is 8.41. The second-order valence-corrected chi connectivity index (χ2v) is 13.0. The second-order valence-electron chi connectivity index (χ2n) is 13.0. The van der Waals surface area contributed by atoms with E-state index in [1.807, 2.05) is 36.4 Å². The highest BCUT2D eigenvalue weighted by atomic mass is 16.5. The van der Waals surface area contributed by atoms with E-state index in [1.165, 1.54) is 14.7 Å². The standard InChI is InChI=1S/C40H48N8O10/c41-13-20-57-22-23-58-21-15-42-34(49)24-47(27-37(53)54)18-16-46(26-36(51)52)17-19-48(28-38(55)56)25-35(50)44-32-9-3-29(4-10-32)5-11-33-12-8-31-7-6-30-2-1-14-43-39(30)40(31)45-33/h1-4,6-10,12,14H,13,15-28,41H2,(H,42,49)(H,44,50)(H,51,52)(H,53,54)(H,55,56). The number of nitrogens with one attached hydrogen (secondary N) is 2. The van der Waals surface area contributed by atoms with E-state index in [1.54, 1.807) is 30.5 Å². The van der Waals surface area contributed by atoms with Crippen molar-refractivity contribution < 1.29 is 48.8 Å². The quantitative estimate of drug-likeness (QED) is 0.0301. The first-order valence-corrected chi connectivity index (χ1v) is 18.5. The molecule has 4 aromatic rings. The summed E-state index contributed by atoms with van der Waals surface area (Å²) in [5.41, 5.74) is 8.61. The molecule has 0 aliphatic carbocycles. The molecule has 2 amide bonds. The zero-order valence-corrected chi connectivity index (χ0v) is 32.0. The van der Waals surface area contributed by atoms with Crippen LogP contribution in [0.3, 0.4) is 0 Å². The van der Waals surface area contributed by atoms with Gasteiger partial charge < -0.3 is 41.2 Å². The third kappa shape index (κ3) is 16.2. The van der Waals surface area contributed by atoms with Gasteiger partial charge in [0.15, 0.2) is 0 Å². The van der Waals surface area contributed by atoms with Crippen molar-refractivity contribution in [3.63, 3.8) is 0 Å². The van der Waals surface area contributed by atoms with Gasteiger partial charge in [-0.1, -0.05) is 24.1 Å². The average molecular weight is 801 g/mol. The van der Waals surface area contributed by atoms with Gasteiger partial charge in [-0.15, -0.1) is 0 Å². The lowest BCUT2D eigenvalue weighted by Crippen LogP contribution is -2.47. The van der Waals surface area contributed by atoms with Crippen LogP contribution in [0.15, 0.2) is 66.9 Å². The number of rotatable bonds is 25. The molecule has 2 aromatic carbocycles. The number of pyridine rings is 2. The van der Waals surface area contributed by atoms with Crippen LogP contribution in [0.4, 0.5) is 5.69 Å². The number of nitrogens with two attached hydrogens (primary N) is 1. The van der Waals surface area contributed by atoms with Gasteiger partial charge in [0, 0.05) is 67.5 Å². The van der Waals surface area contributed by atoms with E-state index in [-0.39, 0.29) is 52.4 Å². The number of benzene rings is 2. The number of carboxylic acid groups (broad SMARTS) is 3. The molecule has 0 fully saturated rings. The minimum absolute atomic E-state index is 0.00682. The van der Waals surface area contributed by atoms with E-state index in [4.69, 9.17) is 20.2 Å². The second kappa shape index (κ2) is 23.9. The Kier molecular flexibility index (Phi) is 18.4. The lowest BCUT2D eigenvalue weighted by Gasteiger charge is -2.28. The fourth-order valence-electron chi connectivity index (χ4n) is 5.73. The highest BCUT2D eigenvalue weighted by Crippen LogP contribution is 2.22. The Morgan fingerprint density at radius 2 is 1.21 bits per heavy atom. The molecule has 2 aromatic heterocycles. The summed E-state index contributed by atoms with van der Waals surface area (Å²) in [4.78, 5) is 73.7. The molecular formula is C40H48N8O10. The van der Waals surface area contributed by atoms with Gasteiger partial charge in [0.2, 0.25) is 11.8 Å². The normalized spacial score (nSPS) is 11.2. The van der Waals surface area contributed by atoms with Gasteiger partial charge in [-0.2, -0.15) is 0 Å². The third-order valence-corrected chi connectivity index (χ3v) is 8.41. The topological polar surface area (TPSA) is 250 Å². The molecule has 7 N–H and O–H groups in total. The van der Waals surface area contributed by atoms with Crippen molar-refractivity contribution >= 4 is 57.2 Å². The Bertz CT molecular complexity index is 2070. The number of fused-ring (bicyclic) bond motifs is 3. The Hall–Kier alpha value is -6.07. The van der Waals surface area contributed by atoms with Crippen molar-refractivity contribution in [3.05, 3.63) is 78.1 Å². The molecule has 0 bridgehead atoms. The van der Waals surface area contributed by atoms with E-state index in [0.29, 0.717) is 43.3 Å². The molecule has 0 aliphatic rings. The van der Waals surface area contributed by atoms with E-state index in [0.717, 1.165) is 21.8 Å². The van der Waals surface area contributed by atoms with Gasteiger partial charge in [0.25, 0.3) is 0 Å². The predicted octanol–water partition coefficient (Wildman–Crippen LogP) is 0.389. The number of anilines is 1. The summed E-state index contributed by atoms with van der Waals surface area (Å²) < 4.78 is 10.6. The maximum atomic E-state index is 13.0. The van der Waals surface area contributed by atoms with Gasteiger partial charge in [-0.05, 0) is 48.4 Å². The van der Waals surface area contributed by atoms with Gasteiger partial charge in [0.05, 0.1) is 70.2 Å². The fourth-order valence-corrected chi connectivity index (χ4v) is 5.73. The number of aromatic nitrogens is 2. The first kappa shape index (κ1) is 44.6. The Morgan fingerprint density at radius 1 is 0.638 bits per heavy atom. The molecule has 58 heavy (non-hydrogen) atoms. The van der Waals surface area contributed by atoms with Crippen LogP contribution in [-0.2, 0) is 33.4 Å². The minimum Gasteiger partial charge on any atom is -0.480 e. The van der Waals surface area contributed by atoms with Crippen LogP contribution in [-0.4, -0.2) is 168 Å². The Labute approximate surface area is 334 Å². The van der Waals surface area contributed by atoms with E-state index >= 15 is 0 Å². The maximum absolute atomic E-state index is 13.0. The number of nitrogens with zero attached hydrogens (tertiary/aromatic N) is 5. The van der Waals surface area contributed by atoms with Gasteiger partial charge >= 0.3 is 17.9 Å². The molecule has 0 radical (unpaired) electrons. The first-order chi connectivity index (χ1) is 28.0. The van der Waals surface area contributed by atoms with Crippen molar-refractivity contribution in [2.45, 2.75) is 0 Å². The van der Waals surface area contributed by atoms with Crippen molar-refractivity contribution in [2.75, 3.05) is 104 Å². The summed E-state index contributed by atoms with van der Waals surface area (Å²) in [7, 11) is 0. The van der Waals surface area contributed by atoms with E-state index < -0.39 is 49.4 Å². The number of hydrogen-bond acceptors (Lipinski definition) is 13. The molecule has 0 spiro atoms. The van der Waals surface area contributed by atoms with Gasteiger partial charge in [-0.25, -0.2) is 4.98 Å². The van der Waals surface area contributed by atoms with Crippen LogP contribution in [0.25, 0.3) is 21.8 Å². The van der Waals surface area contributed by atoms with E-state index in [2.05, 4.69) is 27.5 Å². The smallest absolute Gasteiger partial charge is 0.317 e. The summed E-state index contributed by atoms with van der Waals surface area (Å²) >= 11 is 0. The summed E-state index contributed by atoms with van der Waals surface area (Å²) in [6.45, 7) is 0.0607. The molecule has 0 saturated carbocycles. The molecule has 4 rings (SSSR count). The van der Waals surface area contributed by atoms with E-state index in [9.17, 15) is 39.3 Å². The van der Waals surface area contributed by atoms with Crippen LogP contribution < -0.4 is 16.4 Å². The Morgan fingerprint density at radius 3 is 1.84 bits per heavy atom. The van der Waals surface area contributed by atoms with Gasteiger partial charge in [0.1, 0.15) is 5.69 Å². The molecule has 18 nitrogen and oxygen atoms in total. The number of hydrogen-bond donors (Lipinski definition) is 6. The molecule has 0 aliphatic heterocycles. The zero-order chi connectivity index (χ0) is 41.7. The van der Waals surface area contributed by atoms with Gasteiger partial charge in [-0.3, -0.25) is 43.7 Å². The summed E-state index contributed by atoms with van der Waals surface area (Å²) in [6.07, 6.45) is 1.72. The summed E-state index contributed by atoms with van der Waals surface area (Å²) in [5, 5.41) is 35.8. The molecule has 2 heterocycles. The molecule has 0 atom stereocenters. The lowest BCUT2D eigenvalue weighted by molar-refractivity contribution is -0.141. The molecule has 308 valence electrons. The van der Waals surface area contributed by atoms with Crippen LogP contribution in [0.2, 0.25) is 0 Å². The number of carboxylic acids is 3. The van der Waals surface area contributed by atoms with Crippen LogP contribution in [0, 0.1) is 11.8 Å². The number of carbonyl (C=O) groups excluding carboxylic acids is 2. The highest BCUT2D eigenvalue weighted by Gasteiger charge is 2.20. The van der Waals surface area contributed by atoms with Crippen LogP contribution in [0.5, 0.6) is 0 Å². The lowest BCUT2D eigenvalue weighted by atomic mass is 10.1. The monoisotopic (exact) mass is 800 g/mol. The summed E-state index contributed by atoms with van der Waals surface area (Å²) in [5.74, 6) is 1.69. The molecule has 0 saturated heterocycles. The van der Waals surface area contributed by atoms with Crippen LogP contribution >= 0.6 is 0 Å². The largest absolute Gasteiger partial charge is 0.480 e. The molecular weight excluding hydrogens is 752 g/mol. The van der Waals surface area contributed by atoms with Crippen molar-refractivity contribution in [2.24, 2.45) is 5.73 Å². The van der Waals surface area contributed by atoms with Crippen LogP contribution in [0.1, 0.15) is 11.3 Å².